The van der Waals surface area contributed by atoms with Crippen LogP contribution in [-0.4, -0.2) is 49.2 Å². The summed E-state index contributed by atoms with van der Waals surface area (Å²) in [5, 5.41) is 5.66. The molecule has 0 aromatic heterocycles. The van der Waals surface area contributed by atoms with Crippen LogP contribution in [0.15, 0.2) is 83.9 Å². The highest BCUT2D eigenvalue weighted by atomic mass is 16.2. The van der Waals surface area contributed by atoms with Crippen molar-refractivity contribution in [2.75, 3.05) is 34.8 Å². The fourth-order valence-corrected chi connectivity index (χ4v) is 5.12. The average Bonchev–Trinajstić information content (AvgIpc) is 3.08. The van der Waals surface area contributed by atoms with Crippen molar-refractivity contribution < 1.29 is 14.4 Å². The van der Waals surface area contributed by atoms with Gasteiger partial charge in [-0.15, -0.1) is 0 Å². The number of nitrogens with zero attached hydrogens (tertiary/aromatic N) is 3. The number of benzodiazepines with no additional fused rings is 1. The van der Waals surface area contributed by atoms with Crippen molar-refractivity contribution in [3.8, 4) is 0 Å². The number of carbonyl (C=O) groups is 3. The molecule has 0 aliphatic carbocycles. The molecule has 2 N–H and O–H groups in total. The number of urea groups is 1. The number of Topliss-reactive ketones (excluding diaryl/α,β-unsaturated/α-hetero) is 1. The van der Waals surface area contributed by atoms with Gasteiger partial charge in [0, 0.05) is 41.0 Å². The molecule has 1 saturated heterocycles. The number of ketones is 1. The minimum atomic E-state index is -1.24. The van der Waals surface area contributed by atoms with E-state index in [0.717, 1.165) is 37.2 Å². The molecule has 8 heteroatoms. The lowest BCUT2D eigenvalue weighted by molar-refractivity contribution is -0.127. The van der Waals surface area contributed by atoms with Crippen LogP contribution in [0.4, 0.5) is 21.9 Å². The van der Waals surface area contributed by atoms with Crippen LogP contribution >= 0.6 is 0 Å². The molecule has 0 spiro atoms. The summed E-state index contributed by atoms with van der Waals surface area (Å²) in [5.41, 5.74) is 3.70. The quantitative estimate of drug-likeness (QED) is 0.416. The monoisotopic (exact) mass is 551 g/mol. The van der Waals surface area contributed by atoms with E-state index in [4.69, 9.17) is 4.99 Å². The van der Waals surface area contributed by atoms with Gasteiger partial charge in [-0.3, -0.25) is 9.59 Å². The normalized spacial score (nSPS) is 17.3. The van der Waals surface area contributed by atoms with Crippen molar-refractivity contribution in [2.45, 2.75) is 46.2 Å². The third-order valence-corrected chi connectivity index (χ3v) is 7.49. The van der Waals surface area contributed by atoms with Crippen LogP contribution in [-0.2, 0) is 9.59 Å². The van der Waals surface area contributed by atoms with Crippen molar-refractivity contribution in [1.29, 1.82) is 0 Å². The summed E-state index contributed by atoms with van der Waals surface area (Å²) in [6.45, 7) is 7.35. The van der Waals surface area contributed by atoms with Crippen molar-refractivity contribution in [1.82, 2.24) is 5.32 Å². The summed E-state index contributed by atoms with van der Waals surface area (Å²) in [5.74, 6) is -0.570. The maximum atomic E-state index is 14.0. The van der Waals surface area contributed by atoms with Gasteiger partial charge in [0.2, 0.25) is 6.17 Å². The van der Waals surface area contributed by atoms with Crippen LogP contribution in [0.1, 0.15) is 51.2 Å². The van der Waals surface area contributed by atoms with Crippen LogP contribution in [0.3, 0.4) is 0 Å². The van der Waals surface area contributed by atoms with E-state index in [0.29, 0.717) is 22.6 Å². The van der Waals surface area contributed by atoms with Gasteiger partial charge in [-0.05, 0) is 43.5 Å². The second kappa shape index (κ2) is 12.0. The number of hydrogen-bond acceptors (Lipinski definition) is 5. The van der Waals surface area contributed by atoms with E-state index < -0.39 is 23.5 Å². The van der Waals surface area contributed by atoms with Crippen molar-refractivity contribution in [3.05, 3.63) is 90.0 Å². The van der Waals surface area contributed by atoms with Gasteiger partial charge in [0.25, 0.3) is 5.91 Å². The lowest BCUT2D eigenvalue weighted by atomic mass is 9.90. The highest BCUT2D eigenvalue weighted by Gasteiger charge is 2.36. The summed E-state index contributed by atoms with van der Waals surface area (Å²) in [4.78, 5) is 49.0. The summed E-state index contributed by atoms with van der Waals surface area (Å²) < 4.78 is 0. The number of nitrogens with one attached hydrogen (secondary N) is 2. The number of piperidine rings is 1. The first-order chi connectivity index (χ1) is 19.7. The van der Waals surface area contributed by atoms with Gasteiger partial charge < -0.3 is 20.4 Å². The molecule has 0 bridgehead atoms. The Hall–Kier alpha value is -4.46. The molecule has 5 rings (SSSR count). The molecule has 3 aromatic carbocycles. The van der Waals surface area contributed by atoms with Crippen molar-refractivity contribution in [2.24, 2.45) is 10.4 Å². The van der Waals surface area contributed by atoms with E-state index in [1.54, 1.807) is 0 Å². The summed E-state index contributed by atoms with van der Waals surface area (Å²) in [6.07, 6.45) is 2.30. The Morgan fingerprint density at radius 2 is 1.61 bits per heavy atom. The zero-order chi connectivity index (χ0) is 29.0. The molecule has 3 aromatic rings. The van der Waals surface area contributed by atoms with E-state index in [1.165, 1.54) is 11.3 Å². The Bertz CT molecular complexity index is 1450. The Morgan fingerprint density at radius 3 is 2.34 bits per heavy atom. The molecular weight excluding hydrogens is 514 g/mol. The first-order valence-corrected chi connectivity index (χ1v) is 14.2. The smallest absolute Gasteiger partial charge is 0.321 e. The predicted octanol–water partition coefficient (Wildman–Crippen LogP) is 5.62. The number of aliphatic imine (C=N–C) groups is 1. The molecular formula is C33H37N5O3. The van der Waals surface area contributed by atoms with Crippen LogP contribution in [0, 0.1) is 5.41 Å². The van der Waals surface area contributed by atoms with E-state index in [-0.39, 0.29) is 12.3 Å². The molecule has 212 valence electrons. The molecule has 2 aliphatic heterocycles. The summed E-state index contributed by atoms with van der Waals surface area (Å²) in [7, 11) is 0. The second-order valence-electron chi connectivity index (χ2n) is 11.6. The first-order valence-electron chi connectivity index (χ1n) is 14.2. The zero-order valence-corrected chi connectivity index (χ0v) is 23.9. The highest BCUT2D eigenvalue weighted by Crippen LogP contribution is 2.30. The van der Waals surface area contributed by atoms with E-state index in [2.05, 4.69) is 15.5 Å². The maximum Gasteiger partial charge on any atom is 0.321 e. The Kier molecular flexibility index (Phi) is 8.19. The minimum absolute atomic E-state index is 0.0958. The van der Waals surface area contributed by atoms with Gasteiger partial charge in [-0.1, -0.05) is 75.4 Å². The number of rotatable bonds is 6. The van der Waals surface area contributed by atoms with Gasteiger partial charge in [0.05, 0.1) is 17.9 Å². The Balaban J connectivity index is 1.46. The summed E-state index contributed by atoms with van der Waals surface area (Å²) >= 11 is 0. The van der Waals surface area contributed by atoms with E-state index in [9.17, 15) is 14.4 Å². The van der Waals surface area contributed by atoms with Crippen LogP contribution in [0.5, 0.6) is 0 Å². The van der Waals surface area contributed by atoms with Gasteiger partial charge in [-0.25, -0.2) is 9.79 Å². The third-order valence-electron chi connectivity index (χ3n) is 7.49. The number of benzene rings is 3. The van der Waals surface area contributed by atoms with E-state index in [1.807, 2.05) is 99.6 Å². The standard InChI is InChI=1S/C33H37N5O3/c1-33(2,3)28(39)22-38-27-18-9-8-17-26(27)29(23-13-6-4-7-14-23)35-30(31(38)40)36-32(41)34-24-15-12-16-25(21-24)37-19-10-5-11-20-37/h4,6-9,12-18,21,30H,5,10-11,19-20,22H2,1-3H3,(H2,34,36,41)/t30-/m0/s1. The summed E-state index contributed by atoms with van der Waals surface area (Å²) in [6, 6.07) is 24.1. The molecule has 0 radical (unpaired) electrons. The number of hydrogen-bond donors (Lipinski definition) is 2. The average molecular weight is 552 g/mol. The lowest BCUT2D eigenvalue weighted by Gasteiger charge is -2.29. The highest BCUT2D eigenvalue weighted by molar-refractivity contribution is 6.21. The number of carbonyl (C=O) groups excluding carboxylic acids is 3. The van der Waals surface area contributed by atoms with Crippen LogP contribution < -0.4 is 20.4 Å². The molecule has 41 heavy (non-hydrogen) atoms. The number of fused-ring (bicyclic) bond motifs is 1. The van der Waals surface area contributed by atoms with Gasteiger partial charge in [0.15, 0.2) is 5.78 Å². The molecule has 0 saturated carbocycles. The maximum absolute atomic E-state index is 14.0. The van der Waals surface area contributed by atoms with E-state index >= 15 is 0 Å². The molecule has 0 unspecified atom stereocenters. The SMILES string of the molecule is CC(C)(C)C(=O)CN1C(=O)[C@H](NC(=O)Nc2cccc(N3CCCCC3)c2)N=C(c2ccccc2)c2ccccc21. The second-order valence-corrected chi connectivity index (χ2v) is 11.6. The van der Waals surface area contributed by atoms with Gasteiger partial charge in [-0.2, -0.15) is 0 Å². The molecule has 1 atom stereocenters. The molecule has 2 heterocycles. The van der Waals surface area contributed by atoms with Gasteiger partial charge in [0.1, 0.15) is 0 Å². The topological polar surface area (TPSA) is 94.1 Å². The van der Waals surface area contributed by atoms with Crippen LogP contribution in [0.25, 0.3) is 0 Å². The van der Waals surface area contributed by atoms with Crippen LogP contribution in [0.2, 0.25) is 0 Å². The number of anilines is 3. The third kappa shape index (κ3) is 6.48. The van der Waals surface area contributed by atoms with Crippen molar-refractivity contribution in [3.63, 3.8) is 0 Å². The molecule has 1 fully saturated rings. The first kappa shape index (κ1) is 28.1. The van der Waals surface area contributed by atoms with Gasteiger partial charge >= 0.3 is 6.03 Å². The minimum Gasteiger partial charge on any atom is -0.371 e. The fourth-order valence-electron chi connectivity index (χ4n) is 5.12. The van der Waals surface area contributed by atoms with Crippen molar-refractivity contribution >= 4 is 40.5 Å². The Morgan fingerprint density at radius 1 is 0.902 bits per heavy atom. The lowest BCUT2D eigenvalue weighted by Crippen LogP contribution is -2.50. The molecule has 8 nitrogen and oxygen atoms in total. The fraction of sp³-hybridized carbons (Fsp3) is 0.333. The largest absolute Gasteiger partial charge is 0.371 e. The Labute approximate surface area is 241 Å². The number of para-hydroxylation sites is 1. The molecule has 3 amide bonds. The predicted molar refractivity (Wildman–Crippen MR) is 164 cm³/mol. The number of amides is 3. The molecule has 2 aliphatic rings. The zero-order valence-electron chi connectivity index (χ0n) is 23.9.